The summed E-state index contributed by atoms with van der Waals surface area (Å²) in [6, 6.07) is 5.56. The number of nitrogens with one attached hydrogen (secondary N) is 1. The molecular weight excluding hydrogens is 418 g/mol. The number of rotatable bonds is 10. The van der Waals surface area contributed by atoms with Gasteiger partial charge in [-0.2, -0.15) is 0 Å². The summed E-state index contributed by atoms with van der Waals surface area (Å²) < 4.78 is 16.1. The van der Waals surface area contributed by atoms with Crippen molar-refractivity contribution in [2.75, 3.05) is 34.4 Å². The molecule has 1 atom stereocenters. The fourth-order valence-electron chi connectivity index (χ4n) is 3.32. The Labute approximate surface area is 185 Å². The van der Waals surface area contributed by atoms with Gasteiger partial charge in [0.05, 0.1) is 45.0 Å². The minimum atomic E-state index is -0.610. The number of methoxy groups -OCH3 is 2. The summed E-state index contributed by atoms with van der Waals surface area (Å²) in [5.74, 6) is 1.78. The molecule has 2 heterocycles. The lowest BCUT2D eigenvalue weighted by molar-refractivity contribution is -0.00656. The van der Waals surface area contributed by atoms with Crippen LogP contribution in [0.2, 0.25) is 0 Å². The van der Waals surface area contributed by atoms with E-state index in [1.54, 1.807) is 14.2 Å². The van der Waals surface area contributed by atoms with E-state index in [4.69, 9.17) is 14.2 Å². The summed E-state index contributed by atoms with van der Waals surface area (Å²) in [7, 11) is 5.03. The van der Waals surface area contributed by atoms with Gasteiger partial charge in [-0.15, -0.1) is 11.3 Å². The number of aliphatic hydroxyl groups is 1. The number of hydrogen-bond donors (Lipinski definition) is 2. The number of benzene rings is 1. The van der Waals surface area contributed by atoms with Crippen LogP contribution >= 0.6 is 11.3 Å². The molecular formula is C22H29N3O5S. The predicted octanol–water partition coefficient (Wildman–Crippen LogP) is 2.89. The van der Waals surface area contributed by atoms with Gasteiger partial charge in [-0.3, -0.25) is 9.69 Å². The van der Waals surface area contributed by atoms with E-state index < -0.39 is 6.10 Å². The summed E-state index contributed by atoms with van der Waals surface area (Å²) in [4.78, 5) is 23.0. The fraction of sp³-hybridized carbons (Fsp3) is 0.455. The summed E-state index contributed by atoms with van der Waals surface area (Å²) in [6.07, 6.45) is -0.541. The van der Waals surface area contributed by atoms with Gasteiger partial charge in [0.2, 0.25) is 0 Å². The number of fused-ring (bicyclic) bond motifs is 1. The maximum absolute atomic E-state index is 12.9. The minimum Gasteiger partial charge on any atom is -0.493 e. The second-order valence-corrected chi connectivity index (χ2v) is 8.50. The lowest BCUT2D eigenvalue weighted by atomic mass is 10.1. The zero-order valence-corrected chi connectivity index (χ0v) is 19.3. The summed E-state index contributed by atoms with van der Waals surface area (Å²) >= 11 is 1.42. The van der Waals surface area contributed by atoms with E-state index in [0.29, 0.717) is 40.6 Å². The van der Waals surface area contributed by atoms with Gasteiger partial charge in [-0.25, -0.2) is 4.98 Å². The number of nitrogens with zero attached hydrogens (tertiary/aromatic N) is 2. The van der Waals surface area contributed by atoms with Crippen LogP contribution in [0.1, 0.15) is 19.7 Å². The second kappa shape index (κ2) is 10.2. The quantitative estimate of drug-likeness (QED) is 0.493. The fourth-order valence-corrected chi connectivity index (χ4v) is 4.29. The van der Waals surface area contributed by atoms with Gasteiger partial charge >= 0.3 is 0 Å². The van der Waals surface area contributed by atoms with E-state index in [1.807, 2.05) is 49.4 Å². The Kier molecular flexibility index (Phi) is 7.66. The van der Waals surface area contributed by atoms with Crippen molar-refractivity contribution in [3.8, 4) is 22.6 Å². The molecule has 0 fully saturated rings. The highest BCUT2D eigenvalue weighted by atomic mass is 32.1. The van der Waals surface area contributed by atoms with Gasteiger partial charge in [-0.05, 0) is 38.6 Å². The molecule has 0 aliphatic carbocycles. The standard InChI is InChI=1S/C22H29N3O5S/c1-13(2)30-11-15(26)9-25(3)10-19-23-21(27)20-16(12-31-22(20)24-19)14-6-7-17(28-4)18(8-14)29-5/h6-8,12-13,15,26H,9-11H2,1-5H3,(H,23,24,27). The average molecular weight is 448 g/mol. The Morgan fingerprint density at radius 1 is 1.23 bits per heavy atom. The zero-order valence-electron chi connectivity index (χ0n) is 18.5. The minimum absolute atomic E-state index is 0.0686. The third-order valence-electron chi connectivity index (χ3n) is 4.75. The van der Waals surface area contributed by atoms with Crippen molar-refractivity contribution in [1.29, 1.82) is 0 Å². The second-order valence-electron chi connectivity index (χ2n) is 7.64. The van der Waals surface area contributed by atoms with Crippen molar-refractivity contribution in [3.05, 3.63) is 39.8 Å². The maximum atomic E-state index is 12.9. The van der Waals surface area contributed by atoms with Crippen LogP contribution in [-0.4, -0.2) is 66.6 Å². The topological polar surface area (TPSA) is 96.9 Å². The van der Waals surface area contributed by atoms with Crippen LogP contribution < -0.4 is 15.0 Å². The van der Waals surface area contributed by atoms with Crippen molar-refractivity contribution < 1.29 is 19.3 Å². The first-order valence-corrected chi connectivity index (χ1v) is 10.9. The first-order valence-electron chi connectivity index (χ1n) is 10.0. The molecule has 2 N–H and O–H groups in total. The molecule has 0 amide bonds. The molecule has 3 rings (SSSR count). The van der Waals surface area contributed by atoms with Crippen molar-refractivity contribution in [2.24, 2.45) is 0 Å². The highest BCUT2D eigenvalue weighted by molar-refractivity contribution is 7.17. The van der Waals surface area contributed by atoms with Gasteiger partial charge in [-0.1, -0.05) is 6.07 Å². The highest BCUT2D eigenvalue weighted by Crippen LogP contribution is 2.36. The van der Waals surface area contributed by atoms with Crippen molar-refractivity contribution in [2.45, 2.75) is 32.6 Å². The van der Waals surface area contributed by atoms with Gasteiger partial charge < -0.3 is 24.3 Å². The molecule has 3 aromatic rings. The van der Waals surface area contributed by atoms with Crippen LogP contribution in [-0.2, 0) is 11.3 Å². The normalized spacial score (nSPS) is 12.6. The number of aliphatic hydroxyl groups excluding tert-OH is 1. The molecule has 2 aromatic heterocycles. The first-order chi connectivity index (χ1) is 14.8. The molecule has 0 aliphatic heterocycles. The molecule has 0 saturated heterocycles. The van der Waals surface area contributed by atoms with Gasteiger partial charge in [0.15, 0.2) is 11.5 Å². The van der Waals surface area contributed by atoms with E-state index in [1.165, 1.54) is 11.3 Å². The van der Waals surface area contributed by atoms with Crippen LogP contribution in [0.3, 0.4) is 0 Å². The Morgan fingerprint density at radius 2 is 1.97 bits per heavy atom. The molecule has 0 bridgehead atoms. The number of hydrogen-bond acceptors (Lipinski definition) is 8. The van der Waals surface area contributed by atoms with Gasteiger partial charge in [0.25, 0.3) is 5.56 Å². The van der Waals surface area contributed by atoms with Crippen molar-refractivity contribution in [3.63, 3.8) is 0 Å². The van der Waals surface area contributed by atoms with Crippen LogP contribution in [0, 0.1) is 0 Å². The number of aromatic amines is 1. The molecule has 31 heavy (non-hydrogen) atoms. The predicted molar refractivity (Wildman–Crippen MR) is 122 cm³/mol. The molecule has 0 radical (unpaired) electrons. The number of thiophene rings is 1. The number of ether oxygens (including phenoxy) is 3. The van der Waals surface area contributed by atoms with Crippen molar-refractivity contribution >= 4 is 21.6 Å². The lowest BCUT2D eigenvalue weighted by Crippen LogP contribution is -2.33. The summed E-state index contributed by atoms with van der Waals surface area (Å²) in [5, 5.41) is 12.6. The number of aromatic nitrogens is 2. The smallest absolute Gasteiger partial charge is 0.260 e. The van der Waals surface area contributed by atoms with Crippen LogP contribution in [0.15, 0.2) is 28.4 Å². The molecule has 8 nitrogen and oxygen atoms in total. The number of likely N-dealkylation sites (N-methyl/N-ethyl adjacent to an activating group) is 1. The average Bonchev–Trinajstić information content (AvgIpc) is 3.16. The molecule has 0 spiro atoms. The SMILES string of the molecule is COc1ccc(-c2csc3nc(CN(C)CC(O)COC(C)C)[nH]c(=O)c23)cc1OC. The molecule has 0 aliphatic rings. The van der Waals surface area contributed by atoms with Gasteiger partial charge in [0.1, 0.15) is 10.7 Å². The maximum Gasteiger partial charge on any atom is 0.260 e. The van der Waals surface area contributed by atoms with Crippen molar-refractivity contribution in [1.82, 2.24) is 14.9 Å². The molecule has 1 unspecified atom stereocenters. The Bertz CT molecular complexity index is 1080. The Hall–Kier alpha value is -2.46. The van der Waals surface area contributed by atoms with E-state index in [9.17, 15) is 9.90 Å². The van der Waals surface area contributed by atoms with E-state index in [0.717, 1.165) is 11.1 Å². The first kappa shape index (κ1) is 23.2. The molecule has 168 valence electrons. The third-order valence-corrected chi connectivity index (χ3v) is 5.62. The lowest BCUT2D eigenvalue weighted by Gasteiger charge is -2.20. The highest BCUT2D eigenvalue weighted by Gasteiger charge is 2.16. The number of H-pyrrole nitrogens is 1. The third kappa shape index (κ3) is 5.62. The monoisotopic (exact) mass is 447 g/mol. The van der Waals surface area contributed by atoms with E-state index >= 15 is 0 Å². The van der Waals surface area contributed by atoms with Crippen LogP contribution in [0.5, 0.6) is 11.5 Å². The molecule has 1 aromatic carbocycles. The van der Waals surface area contributed by atoms with Gasteiger partial charge in [0, 0.05) is 17.5 Å². The van der Waals surface area contributed by atoms with Crippen LogP contribution in [0.25, 0.3) is 21.3 Å². The van der Waals surface area contributed by atoms with E-state index in [-0.39, 0.29) is 18.3 Å². The molecule has 0 saturated carbocycles. The summed E-state index contributed by atoms with van der Waals surface area (Å²) in [5.41, 5.74) is 1.47. The zero-order chi connectivity index (χ0) is 22.5. The Balaban J connectivity index is 1.81. The Morgan fingerprint density at radius 3 is 2.65 bits per heavy atom. The summed E-state index contributed by atoms with van der Waals surface area (Å²) in [6.45, 7) is 4.95. The largest absolute Gasteiger partial charge is 0.493 e. The van der Waals surface area contributed by atoms with E-state index in [2.05, 4.69) is 9.97 Å². The van der Waals surface area contributed by atoms with Crippen LogP contribution in [0.4, 0.5) is 0 Å². The molecule has 9 heteroatoms.